The number of nitrogen functional groups attached to an aromatic ring is 1. The number of imidazole rings is 1. The molecule has 0 aliphatic rings. The van der Waals surface area contributed by atoms with Gasteiger partial charge in [-0.15, -0.1) is 0 Å². The van der Waals surface area contributed by atoms with Crippen molar-refractivity contribution in [1.82, 2.24) is 19.9 Å². The molecule has 2 aromatic heterocycles. The number of hydrogen-bond donors (Lipinski definition) is 2. The summed E-state index contributed by atoms with van der Waals surface area (Å²) in [5, 5.41) is 2.86. The number of hydrogen-bond acceptors (Lipinski definition) is 4. The molecular weight excluding hydrogens is 242 g/mol. The first kappa shape index (κ1) is 13.3. The maximum absolute atomic E-state index is 12.0. The van der Waals surface area contributed by atoms with Gasteiger partial charge in [-0.25, -0.2) is 9.97 Å². The van der Waals surface area contributed by atoms with Gasteiger partial charge in [0.1, 0.15) is 11.6 Å². The monoisotopic (exact) mass is 261 g/mol. The SMILES string of the molecule is CCCNC(=O)C(C)n1c(N)nc2ccc(C)nc21. The first-order valence-corrected chi connectivity index (χ1v) is 6.43. The molecule has 0 saturated carbocycles. The molecule has 0 aliphatic heterocycles. The molecule has 0 bridgehead atoms. The second-order valence-electron chi connectivity index (χ2n) is 4.60. The molecule has 0 aromatic carbocycles. The van der Waals surface area contributed by atoms with Crippen LogP contribution in [0.4, 0.5) is 5.95 Å². The van der Waals surface area contributed by atoms with Crippen molar-refractivity contribution in [3.05, 3.63) is 17.8 Å². The number of amides is 1. The molecule has 0 spiro atoms. The zero-order valence-electron chi connectivity index (χ0n) is 11.5. The topological polar surface area (TPSA) is 85.8 Å². The average molecular weight is 261 g/mol. The summed E-state index contributed by atoms with van der Waals surface area (Å²) >= 11 is 0. The molecule has 3 N–H and O–H groups in total. The van der Waals surface area contributed by atoms with Crippen molar-refractivity contribution >= 4 is 23.0 Å². The maximum Gasteiger partial charge on any atom is 0.242 e. The van der Waals surface area contributed by atoms with Crippen molar-refractivity contribution < 1.29 is 4.79 Å². The number of nitrogens with one attached hydrogen (secondary N) is 1. The largest absolute Gasteiger partial charge is 0.369 e. The number of fused-ring (bicyclic) bond motifs is 1. The Morgan fingerprint density at radius 3 is 2.89 bits per heavy atom. The summed E-state index contributed by atoms with van der Waals surface area (Å²) in [7, 11) is 0. The van der Waals surface area contributed by atoms with Crippen molar-refractivity contribution in [2.75, 3.05) is 12.3 Å². The van der Waals surface area contributed by atoms with E-state index < -0.39 is 6.04 Å². The van der Waals surface area contributed by atoms with Crippen LogP contribution in [0.5, 0.6) is 0 Å². The number of rotatable bonds is 4. The van der Waals surface area contributed by atoms with Gasteiger partial charge >= 0.3 is 0 Å². The molecule has 2 rings (SSSR count). The van der Waals surface area contributed by atoms with Gasteiger partial charge in [-0.2, -0.15) is 0 Å². The summed E-state index contributed by atoms with van der Waals surface area (Å²) < 4.78 is 1.67. The summed E-state index contributed by atoms with van der Waals surface area (Å²) in [6.45, 7) is 6.36. The van der Waals surface area contributed by atoms with Crippen LogP contribution in [0, 0.1) is 6.92 Å². The minimum absolute atomic E-state index is 0.0730. The molecule has 19 heavy (non-hydrogen) atoms. The van der Waals surface area contributed by atoms with E-state index >= 15 is 0 Å². The number of pyridine rings is 1. The molecule has 2 heterocycles. The van der Waals surface area contributed by atoms with Crippen LogP contribution in [0.2, 0.25) is 0 Å². The van der Waals surface area contributed by atoms with Gasteiger partial charge in [0, 0.05) is 12.2 Å². The lowest BCUT2D eigenvalue weighted by atomic mass is 10.3. The van der Waals surface area contributed by atoms with Crippen molar-refractivity contribution in [3.63, 3.8) is 0 Å². The van der Waals surface area contributed by atoms with E-state index in [2.05, 4.69) is 15.3 Å². The minimum Gasteiger partial charge on any atom is -0.369 e. The molecule has 0 radical (unpaired) electrons. The highest BCUT2D eigenvalue weighted by atomic mass is 16.2. The van der Waals surface area contributed by atoms with E-state index in [1.54, 1.807) is 11.5 Å². The van der Waals surface area contributed by atoms with Crippen LogP contribution in [0.3, 0.4) is 0 Å². The third kappa shape index (κ3) is 2.52. The Morgan fingerprint density at radius 1 is 1.47 bits per heavy atom. The number of nitrogens with zero attached hydrogens (tertiary/aromatic N) is 3. The Morgan fingerprint density at radius 2 is 2.21 bits per heavy atom. The molecule has 1 amide bonds. The maximum atomic E-state index is 12.0. The summed E-state index contributed by atoms with van der Waals surface area (Å²) in [5.41, 5.74) is 8.13. The van der Waals surface area contributed by atoms with Gasteiger partial charge in [-0.1, -0.05) is 6.92 Å². The lowest BCUT2D eigenvalue weighted by Crippen LogP contribution is -2.32. The highest BCUT2D eigenvalue weighted by Gasteiger charge is 2.20. The van der Waals surface area contributed by atoms with E-state index in [0.29, 0.717) is 23.7 Å². The zero-order chi connectivity index (χ0) is 14.0. The molecular formula is C13H19N5O. The fourth-order valence-corrected chi connectivity index (χ4v) is 1.98. The smallest absolute Gasteiger partial charge is 0.242 e. The molecule has 0 saturated heterocycles. The first-order chi connectivity index (χ1) is 9.04. The van der Waals surface area contributed by atoms with E-state index in [-0.39, 0.29) is 5.91 Å². The Labute approximate surface area is 112 Å². The molecule has 6 heteroatoms. The molecule has 0 fully saturated rings. The molecule has 6 nitrogen and oxygen atoms in total. The van der Waals surface area contributed by atoms with Gasteiger partial charge in [0.2, 0.25) is 11.9 Å². The van der Waals surface area contributed by atoms with E-state index in [1.165, 1.54) is 0 Å². The number of carbonyl (C=O) groups is 1. The van der Waals surface area contributed by atoms with Gasteiger partial charge < -0.3 is 11.1 Å². The third-order valence-electron chi connectivity index (χ3n) is 3.02. The van der Waals surface area contributed by atoms with Crippen molar-refractivity contribution in [2.24, 2.45) is 0 Å². The van der Waals surface area contributed by atoms with Gasteiger partial charge in [-0.3, -0.25) is 9.36 Å². The predicted molar refractivity (Wildman–Crippen MR) is 74.7 cm³/mol. The second kappa shape index (κ2) is 5.26. The van der Waals surface area contributed by atoms with E-state index in [4.69, 9.17) is 5.73 Å². The van der Waals surface area contributed by atoms with Crippen molar-refractivity contribution in [2.45, 2.75) is 33.2 Å². The number of anilines is 1. The first-order valence-electron chi connectivity index (χ1n) is 6.43. The van der Waals surface area contributed by atoms with Gasteiger partial charge in [0.05, 0.1) is 0 Å². The van der Waals surface area contributed by atoms with E-state index in [1.807, 2.05) is 26.0 Å². The van der Waals surface area contributed by atoms with Crippen molar-refractivity contribution in [3.8, 4) is 0 Å². The quantitative estimate of drug-likeness (QED) is 0.871. The highest BCUT2D eigenvalue weighted by molar-refractivity contribution is 5.84. The van der Waals surface area contributed by atoms with Crippen LogP contribution in [-0.4, -0.2) is 27.0 Å². The predicted octanol–water partition coefficient (Wildman–Crippen LogP) is 1.41. The number of nitrogens with two attached hydrogens (primary N) is 1. The van der Waals surface area contributed by atoms with Gasteiger partial charge in [-0.05, 0) is 32.4 Å². The third-order valence-corrected chi connectivity index (χ3v) is 3.02. The second-order valence-corrected chi connectivity index (χ2v) is 4.60. The summed E-state index contributed by atoms with van der Waals surface area (Å²) in [5.74, 6) is 0.239. The van der Waals surface area contributed by atoms with Crippen LogP contribution in [0.25, 0.3) is 11.2 Å². The Hall–Kier alpha value is -2.11. The Kier molecular flexibility index (Phi) is 3.69. The standard InChI is InChI=1S/C13H19N5O/c1-4-7-15-12(19)9(3)18-11-10(17-13(18)14)6-5-8(2)16-11/h5-6,9H,4,7H2,1-3H3,(H2,14,17)(H,15,19). The highest BCUT2D eigenvalue weighted by Crippen LogP contribution is 2.21. The number of aryl methyl sites for hydroxylation is 1. The summed E-state index contributed by atoms with van der Waals surface area (Å²) in [4.78, 5) is 20.7. The Balaban J connectivity index is 2.40. The lowest BCUT2D eigenvalue weighted by Gasteiger charge is -2.15. The fraction of sp³-hybridized carbons (Fsp3) is 0.462. The molecule has 2 aromatic rings. The normalized spacial score (nSPS) is 12.6. The Bertz CT molecular complexity index is 604. The zero-order valence-corrected chi connectivity index (χ0v) is 11.5. The number of aromatic nitrogens is 3. The summed E-state index contributed by atoms with van der Waals surface area (Å²) in [6, 6.07) is 3.31. The average Bonchev–Trinajstić information content (AvgIpc) is 2.70. The van der Waals surface area contributed by atoms with Crippen LogP contribution >= 0.6 is 0 Å². The van der Waals surface area contributed by atoms with Gasteiger partial charge in [0.25, 0.3) is 0 Å². The van der Waals surface area contributed by atoms with Crippen molar-refractivity contribution in [1.29, 1.82) is 0 Å². The van der Waals surface area contributed by atoms with Crippen LogP contribution in [0.1, 0.15) is 32.0 Å². The molecule has 102 valence electrons. The lowest BCUT2D eigenvalue weighted by molar-refractivity contribution is -0.123. The molecule has 1 unspecified atom stereocenters. The summed E-state index contributed by atoms with van der Waals surface area (Å²) in [6.07, 6.45) is 0.899. The number of carbonyl (C=O) groups excluding carboxylic acids is 1. The van der Waals surface area contributed by atoms with Crippen LogP contribution in [0.15, 0.2) is 12.1 Å². The van der Waals surface area contributed by atoms with E-state index in [0.717, 1.165) is 12.1 Å². The van der Waals surface area contributed by atoms with Crippen LogP contribution < -0.4 is 11.1 Å². The minimum atomic E-state index is -0.425. The fourth-order valence-electron chi connectivity index (χ4n) is 1.98. The van der Waals surface area contributed by atoms with Gasteiger partial charge in [0.15, 0.2) is 5.65 Å². The van der Waals surface area contributed by atoms with Crippen LogP contribution in [-0.2, 0) is 4.79 Å². The molecule has 0 aliphatic carbocycles. The van der Waals surface area contributed by atoms with E-state index in [9.17, 15) is 4.79 Å². The molecule has 1 atom stereocenters.